The minimum atomic E-state index is 0.486. The maximum atomic E-state index is 5.56. The van der Waals surface area contributed by atoms with E-state index < -0.39 is 0 Å². The van der Waals surface area contributed by atoms with Crippen LogP contribution in [-0.2, 0) is 0 Å². The zero-order valence-electron chi connectivity index (χ0n) is 8.29. The lowest BCUT2D eigenvalue weighted by Crippen LogP contribution is -1.92. The Labute approximate surface area is 89.1 Å². The lowest BCUT2D eigenvalue weighted by atomic mass is 10.1. The maximum absolute atomic E-state index is 5.56. The van der Waals surface area contributed by atoms with Crippen molar-refractivity contribution in [2.75, 3.05) is 20.1 Å². The zero-order valence-corrected chi connectivity index (χ0v) is 9.04. The summed E-state index contributed by atoms with van der Waals surface area (Å²) in [6.45, 7) is 0. The van der Waals surface area contributed by atoms with Crippen molar-refractivity contribution in [2.45, 2.75) is 0 Å². The first-order valence-electron chi connectivity index (χ1n) is 4.27. The Hall–Kier alpha value is -1.15. The molecular formula is C11H13ClO2. The van der Waals surface area contributed by atoms with Gasteiger partial charge in [0.05, 0.1) is 14.2 Å². The van der Waals surface area contributed by atoms with E-state index in [2.05, 4.69) is 0 Å². The Kier molecular flexibility index (Phi) is 4.33. The van der Waals surface area contributed by atoms with Crippen LogP contribution in [0.4, 0.5) is 0 Å². The molecular weight excluding hydrogens is 200 g/mol. The van der Waals surface area contributed by atoms with Gasteiger partial charge in [-0.15, -0.1) is 11.6 Å². The van der Waals surface area contributed by atoms with E-state index >= 15 is 0 Å². The molecule has 0 unspecified atom stereocenters. The van der Waals surface area contributed by atoms with E-state index in [9.17, 15) is 0 Å². The molecule has 1 aromatic carbocycles. The fourth-order valence-corrected chi connectivity index (χ4v) is 1.30. The highest BCUT2D eigenvalue weighted by Gasteiger charge is 2.05. The number of alkyl halides is 1. The second kappa shape index (κ2) is 5.55. The molecule has 0 heterocycles. The van der Waals surface area contributed by atoms with Crippen molar-refractivity contribution >= 4 is 17.7 Å². The predicted molar refractivity (Wildman–Crippen MR) is 59.3 cm³/mol. The molecule has 0 aromatic heterocycles. The van der Waals surface area contributed by atoms with Gasteiger partial charge in [-0.3, -0.25) is 0 Å². The summed E-state index contributed by atoms with van der Waals surface area (Å²) < 4.78 is 10.4. The molecule has 0 N–H and O–H groups in total. The summed E-state index contributed by atoms with van der Waals surface area (Å²) in [5.74, 6) is 1.95. The van der Waals surface area contributed by atoms with Crippen molar-refractivity contribution in [3.05, 3.63) is 29.8 Å². The number of ether oxygens (including phenoxy) is 2. The standard InChI is InChI=1S/C11H13ClO2/c1-13-10-7-3-5-9(6-4-8-12)11(10)14-2/h3-7H,8H2,1-2H3. The number of methoxy groups -OCH3 is 2. The Bertz CT molecular complexity index is 321. The first-order valence-corrected chi connectivity index (χ1v) is 4.80. The Morgan fingerprint density at radius 1 is 1.29 bits per heavy atom. The second-order valence-electron chi connectivity index (χ2n) is 2.64. The minimum absolute atomic E-state index is 0.486. The molecule has 0 atom stereocenters. The molecule has 14 heavy (non-hydrogen) atoms. The predicted octanol–water partition coefficient (Wildman–Crippen LogP) is 2.96. The summed E-state index contributed by atoms with van der Waals surface area (Å²) in [4.78, 5) is 0. The minimum Gasteiger partial charge on any atom is -0.493 e. The number of hydrogen-bond donors (Lipinski definition) is 0. The smallest absolute Gasteiger partial charge is 0.167 e. The largest absolute Gasteiger partial charge is 0.493 e. The van der Waals surface area contributed by atoms with Gasteiger partial charge in [0.15, 0.2) is 11.5 Å². The lowest BCUT2D eigenvalue weighted by Gasteiger charge is -2.09. The number of halogens is 1. The molecule has 1 aromatic rings. The van der Waals surface area contributed by atoms with Crippen LogP contribution in [0.15, 0.2) is 24.3 Å². The average Bonchev–Trinajstić information content (AvgIpc) is 2.25. The quantitative estimate of drug-likeness (QED) is 0.715. The van der Waals surface area contributed by atoms with E-state index in [-0.39, 0.29) is 0 Å². The van der Waals surface area contributed by atoms with Crippen molar-refractivity contribution in [2.24, 2.45) is 0 Å². The summed E-state index contributed by atoms with van der Waals surface area (Å²) in [6.07, 6.45) is 3.77. The molecule has 0 radical (unpaired) electrons. The van der Waals surface area contributed by atoms with Crippen LogP contribution in [0, 0.1) is 0 Å². The van der Waals surface area contributed by atoms with Gasteiger partial charge in [-0.25, -0.2) is 0 Å². The molecule has 0 aliphatic heterocycles. The molecule has 0 amide bonds. The van der Waals surface area contributed by atoms with Crippen LogP contribution in [0.1, 0.15) is 5.56 Å². The molecule has 0 saturated carbocycles. The third-order valence-electron chi connectivity index (χ3n) is 1.82. The summed E-state index contributed by atoms with van der Waals surface area (Å²) in [7, 11) is 3.24. The van der Waals surface area contributed by atoms with Crippen molar-refractivity contribution < 1.29 is 9.47 Å². The molecule has 0 saturated heterocycles. The SMILES string of the molecule is COc1cccc(C=CCCl)c1OC. The van der Waals surface area contributed by atoms with Gasteiger partial charge in [-0.1, -0.05) is 24.3 Å². The highest BCUT2D eigenvalue weighted by Crippen LogP contribution is 2.31. The lowest BCUT2D eigenvalue weighted by molar-refractivity contribution is 0.354. The van der Waals surface area contributed by atoms with Crippen LogP contribution in [0.25, 0.3) is 6.08 Å². The first-order chi connectivity index (χ1) is 6.83. The van der Waals surface area contributed by atoms with Crippen molar-refractivity contribution in [3.8, 4) is 11.5 Å². The molecule has 76 valence electrons. The van der Waals surface area contributed by atoms with E-state index in [4.69, 9.17) is 21.1 Å². The van der Waals surface area contributed by atoms with Gasteiger partial charge in [0.2, 0.25) is 0 Å². The van der Waals surface area contributed by atoms with Crippen LogP contribution in [-0.4, -0.2) is 20.1 Å². The topological polar surface area (TPSA) is 18.5 Å². The second-order valence-corrected chi connectivity index (χ2v) is 2.95. The molecule has 0 bridgehead atoms. The Morgan fingerprint density at radius 3 is 2.64 bits per heavy atom. The van der Waals surface area contributed by atoms with Crippen LogP contribution >= 0.6 is 11.6 Å². The van der Waals surface area contributed by atoms with E-state index in [1.54, 1.807) is 14.2 Å². The number of para-hydroxylation sites is 1. The van der Waals surface area contributed by atoms with Gasteiger partial charge in [-0.2, -0.15) is 0 Å². The van der Waals surface area contributed by atoms with E-state index in [0.29, 0.717) is 5.88 Å². The normalized spacial score (nSPS) is 10.5. The Balaban J connectivity index is 3.08. The molecule has 0 aliphatic carbocycles. The molecule has 0 aliphatic rings. The fourth-order valence-electron chi connectivity index (χ4n) is 1.21. The summed E-state index contributed by atoms with van der Waals surface area (Å²) in [6, 6.07) is 5.72. The summed E-state index contributed by atoms with van der Waals surface area (Å²) in [5.41, 5.74) is 0.965. The third-order valence-corrected chi connectivity index (χ3v) is 2.00. The van der Waals surface area contributed by atoms with Crippen LogP contribution < -0.4 is 9.47 Å². The van der Waals surface area contributed by atoms with Gasteiger partial charge >= 0.3 is 0 Å². The number of hydrogen-bond acceptors (Lipinski definition) is 2. The maximum Gasteiger partial charge on any atom is 0.167 e. The van der Waals surface area contributed by atoms with Crippen LogP contribution in [0.5, 0.6) is 11.5 Å². The molecule has 1 rings (SSSR count). The van der Waals surface area contributed by atoms with Crippen molar-refractivity contribution in [3.63, 3.8) is 0 Å². The summed E-state index contributed by atoms with van der Waals surface area (Å²) >= 11 is 5.56. The molecule has 0 spiro atoms. The van der Waals surface area contributed by atoms with Crippen molar-refractivity contribution in [1.82, 2.24) is 0 Å². The number of allylic oxidation sites excluding steroid dienone is 1. The van der Waals surface area contributed by atoms with Gasteiger partial charge in [0.25, 0.3) is 0 Å². The molecule has 3 heteroatoms. The van der Waals surface area contributed by atoms with Crippen LogP contribution in [0.3, 0.4) is 0 Å². The molecule has 2 nitrogen and oxygen atoms in total. The molecule has 0 fully saturated rings. The van der Waals surface area contributed by atoms with E-state index in [0.717, 1.165) is 17.1 Å². The van der Waals surface area contributed by atoms with Crippen LogP contribution in [0.2, 0.25) is 0 Å². The Morgan fingerprint density at radius 2 is 2.07 bits per heavy atom. The average molecular weight is 213 g/mol. The van der Waals surface area contributed by atoms with E-state index in [1.807, 2.05) is 30.4 Å². The fraction of sp³-hybridized carbons (Fsp3) is 0.273. The summed E-state index contributed by atoms with van der Waals surface area (Å²) in [5, 5.41) is 0. The zero-order chi connectivity index (χ0) is 10.4. The van der Waals surface area contributed by atoms with Gasteiger partial charge < -0.3 is 9.47 Å². The monoisotopic (exact) mass is 212 g/mol. The highest BCUT2D eigenvalue weighted by molar-refractivity contribution is 6.19. The van der Waals surface area contributed by atoms with E-state index in [1.165, 1.54) is 0 Å². The highest BCUT2D eigenvalue weighted by atomic mass is 35.5. The number of rotatable bonds is 4. The van der Waals surface area contributed by atoms with Gasteiger partial charge in [0, 0.05) is 11.4 Å². The third kappa shape index (κ3) is 2.42. The van der Waals surface area contributed by atoms with Crippen molar-refractivity contribution in [1.29, 1.82) is 0 Å². The first kappa shape index (κ1) is 10.9. The number of benzene rings is 1. The van der Waals surface area contributed by atoms with Gasteiger partial charge in [-0.05, 0) is 6.07 Å². The van der Waals surface area contributed by atoms with Gasteiger partial charge in [0.1, 0.15) is 0 Å².